The summed E-state index contributed by atoms with van der Waals surface area (Å²) < 4.78 is 5.52. The van der Waals surface area contributed by atoms with Crippen LogP contribution < -0.4 is 5.56 Å². The van der Waals surface area contributed by atoms with Crippen molar-refractivity contribution in [3.05, 3.63) is 50.3 Å². The number of aromatic amines is 1. The molecule has 3 aromatic rings. The smallest absolute Gasteiger partial charge is 0.259 e. The molecule has 1 aliphatic carbocycles. The molecule has 1 aliphatic rings. The molecule has 0 aromatic carbocycles. The summed E-state index contributed by atoms with van der Waals surface area (Å²) in [7, 11) is 1.77. The van der Waals surface area contributed by atoms with Gasteiger partial charge in [-0.25, -0.2) is 4.98 Å². The Labute approximate surface area is 171 Å². The van der Waals surface area contributed by atoms with Crippen LogP contribution in [0.4, 0.5) is 0 Å². The van der Waals surface area contributed by atoms with Crippen LogP contribution in [0.1, 0.15) is 40.6 Å². The molecule has 0 radical (unpaired) electrons. The number of amides is 1. The number of H-pyrrole nitrogens is 1. The Kier molecular flexibility index (Phi) is 5.59. The van der Waals surface area contributed by atoms with E-state index in [0.717, 1.165) is 41.0 Å². The van der Waals surface area contributed by atoms with Gasteiger partial charge in [0.1, 0.15) is 22.2 Å². The number of thioether (sulfide) groups is 1. The van der Waals surface area contributed by atoms with E-state index in [9.17, 15) is 9.59 Å². The minimum absolute atomic E-state index is 0.0223. The van der Waals surface area contributed by atoms with Gasteiger partial charge in [0.15, 0.2) is 0 Å². The summed E-state index contributed by atoms with van der Waals surface area (Å²) >= 11 is 3.11. The lowest BCUT2D eigenvalue weighted by molar-refractivity contribution is -0.127. The number of rotatable bonds is 6. The molecule has 1 amide bonds. The van der Waals surface area contributed by atoms with Crippen molar-refractivity contribution in [1.82, 2.24) is 14.9 Å². The van der Waals surface area contributed by atoms with Gasteiger partial charge in [-0.3, -0.25) is 9.59 Å². The van der Waals surface area contributed by atoms with E-state index < -0.39 is 0 Å². The highest BCUT2D eigenvalue weighted by Gasteiger charge is 2.20. The van der Waals surface area contributed by atoms with Crippen molar-refractivity contribution in [2.45, 2.75) is 44.9 Å². The molecule has 3 heterocycles. The summed E-state index contributed by atoms with van der Waals surface area (Å²) in [5.74, 6) is 3.11. The predicted octanol–water partition coefficient (Wildman–Crippen LogP) is 3.66. The Balaban J connectivity index is 1.37. The van der Waals surface area contributed by atoms with Crippen molar-refractivity contribution in [2.24, 2.45) is 0 Å². The first-order chi connectivity index (χ1) is 13.5. The number of furan rings is 1. The molecule has 148 valence electrons. The number of nitrogens with zero attached hydrogens (tertiary/aromatic N) is 2. The summed E-state index contributed by atoms with van der Waals surface area (Å²) in [5, 5.41) is 0.776. The monoisotopic (exact) mass is 417 g/mol. The average molecular weight is 418 g/mol. The fourth-order valence-electron chi connectivity index (χ4n) is 3.51. The van der Waals surface area contributed by atoms with Gasteiger partial charge in [-0.15, -0.1) is 23.1 Å². The summed E-state index contributed by atoms with van der Waals surface area (Å²) in [6, 6.07) is 3.78. The lowest BCUT2D eigenvalue weighted by atomic mass is 9.97. The molecule has 8 heteroatoms. The maximum Gasteiger partial charge on any atom is 0.259 e. The Hall–Kier alpha value is -2.06. The van der Waals surface area contributed by atoms with Gasteiger partial charge in [0.25, 0.3) is 5.56 Å². The number of thiophene rings is 1. The summed E-state index contributed by atoms with van der Waals surface area (Å²) in [4.78, 5) is 36.3. The summed E-state index contributed by atoms with van der Waals surface area (Å²) in [6.07, 6.45) is 4.36. The van der Waals surface area contributed by atoms with Crippen LogP contribution in [-0.2, 0) is 29.9 Å². The Morgan fingerprint density at radius 2 is 2.18 bits per heavy atom. The van der Waals surface area contributed by atoms with Crippen molar-refractivity contribution in [1.29, 1.82) is 0 Å². The quantitative estimate of drug-likeness (QED) is 0.662. The Morgan fingerprint density at radius 1 is 1.36 bits per heavy atom. The number of hydrogen-bond acceptors (Lipinski definition) is 6. The number of hydrogen-bond donors (Lipinski definition) is 1. The molecule has 0 aliphatic heterocycles. The maximum atomic E-state index is 12.6. The van der Waals surface area contributed by atoms with Crippen LogP contribution in [0.5, 0.6) is 0 Å². The Morgan fingerprint density at radius 3 is 2.96 bits per heavy atom. The molecule has 0 unspecified atom stereocenters. The van der Waals surface area contributed by atoms with E-state index in [1.807, 2.05) is 19.1 Å². The highest BCUT2D eigenvalue weighted by molar-refractivity contribution is 7.99. The number of carbonyl (C=O) groups excluding carboxylic acids is 1. The topological polar surface area (TPSA) is 79.2 Å². The number of nitrogens with one attached hydrogen (secondary N) is 1. The maximum absolute atomic E-state index is 12.6. The van der Waals surface area contributed by atoms with Crippen LogP contribution in [0, 0.1) is 6.92 Å². The molecule has 0 spiro atoms. The molecule has 3 aromatic heterocycles. The average Bonchev–Trinajstić information content (AvgIpc) is 3.24. The number of aryl methyl sites for hydroxylation is 3. The molecular weight excluding hydrogens is 394 g/mol. The second-order valence-electron chi connectivity index (χ2n) is 7.16. The zero-order valence-electron chi connectivity index (χ0n) is 16.0. The second-order valence-corrected chi connectivity index (χ2v) is 9.23. The van der Waals surface area contributed by atoms with E-state index >= 15 is 0 Å². The van der Waals surface area contributed by atoms with Gasteiger partial charge < -0.3 is 14.3 Å². The zero-order chi connectivity index (χ0) is 19.7. The van der Waals surface area contributed by atoms with Gasteiger partial charge in [0.05, 0.1) is 23.4 Å². The molecular formula is C20H23N3O3S2. The van der Waals surface area contributed by atoms with Crippen LogP contribution in [-0.4, -0.2) is 33.6 Å². The molecule has 0 fully saturated rings. The summed E-state index contributed by atoms with van der Waals surface area (Å²) in [5.41, 5.74) is 1.15. The number of carbonyl (C=O) groups is 1. The third-order valence-corrected chi connectivity index (χ3v) is 7.07. The van der Waals surface area contributed by atoms with Crippen molar-refractivity contribution in [3.63, 3.8) is 0 Å². The van der Waals surface area contributed by atoms with Gasteiger partial charge in [-0.1, -0.05) is 0 Å². The largest absolute Gasteiger partial charge is 0.464 e. The van der Waals surface area contributed by atoms with Crippen LogP contribution >= 0.6 is 23.1 Å². The van der Waals surface area contributed by atoms with Crippen molar-refractivity contribution in [3.8, 4) is 0 Å². The molecule has 0 bridgehead atoms. The highest BCUT2D eigenvalue weighted by Crippen LogP contribution is 2.33. The van der Waals surface area contributed by atoms with E-state index in [2.05, 4.69) is 9.97 Å². The minimum Gasteiger partial charge on any atom is -0.464 e. The van der Waals surface area contributed by atoms with Gasteiger partial charge in [-0.05, 0) is 50.3 Å². The van der Waals surface area contributed by atoms with Gasteiger partial charge in [-0.2, -0.15) is 0 Å². The first-order valence-corrected chi connectivity index (χ1v) is 11.4. The third-order valence-electron chi connectivity index (χ3n) is 4.95. The molecule has 28 heavy (non-hydrogen) atoms. The standard InChI is InChI=1S/C20H23N3O3S2/c1-12-7-8-13(26-12)9-23(2)17(24)11-27-10-16-21-19(25)18-14-5-3-4-6-15(14)28-20(18)22-16/h7-8H,3-6,9-11H2,1-2H3,(H,21,22,25). The second kappa shape index (κ2) is 8.13. The van der Waals surface area contributed by atoms with E-state index in [4.69, 9.17) is 4.42 Å². The van der Waals surface area contributed by atoms with Crippen molar-refractivity contribution >= 4 is 39.2 Å². The van der Waals surface area contributed by atoms with Gasteiger partial charge in [0, 0.05) is 11.9 Å². The molecule has 0 saturated carbocycles. The lowest BCUT2D eigenvalue weighted by Gasteiger charge is -2.15. The van der Waals surface area contributed by atoms with Gasteiger partial charge >= 0.3 is 0 Å². The molecule has 6 nitrogen and oxygen atoms in total. The van der Waals surface area contributed by atoms with Crippen LogP contribution in [0.25, 0.3) is 10.2 Å². The van der Waals surface area contributed by atoms with Crippen LogP contribution in [0.2, 0.25) is 0 Å². The number of fused-ring (bicyclic) bond motifs is 3. The Bertz CT molecular complexity index is 1070. The van der Waals surface area contributed by atoms with Gasteiger partial charge in [0.2, 0.25) is 5.91 Å². The summed E-state index contributed by atoms with van der Waals surface area (Å²) in [6.45, 7) is 2.34. The fraction of sp³-hybridized carbons (Fsp3) is 0.450. The molecule has 4 rings (SSSR count). The van der Waals surface area contributed by atoms with Crippen LogP contribution in [0.3, 0.4) is 0 Å². The van der Waals surface area contributed by atoms with E-state index in [1.165, 1.54) is 28.6 Å². The first-order valence-electron chi connectivity index (χ1n) is 9.41. The highest BCUT2D eigenvalue weighted by atomic mass is 32.2. The first kappa shape index (κ1) is 19.3. The SMILES string of the molecule is Cc1ccc(CN(C)C(=O)CSCc2nc3sc4c(c3c(=O)[nH]2)CCCC4)o1. The normalized spacial score (nSPS) is 13.6. The predicted molar refractivity (Wildman–Crippen MR) is 113 cm³/mol. The van der Waals surface area contributed by atoms with Crippen molar-refractivity contribution in [2.75, 3.05) is 12.8 Å². The fourth-order valence-corrected chi connectivity index (χ4v) is 5.62. The van der Waals surface area contributed by atoms with E-state index in [-0.39, 0.29) is 11.5 Å². The van der Waals surface area contributed by atoms with E-state index in [0.29, 0.717) is 23.9 Å². The van der Waals surface area contributed by atoms with E-state index in [1.54, 1.807) is 23.3 Å². The molecule has 1 N–H and O–H groups in total. The number of aromatic nitrogens is 2. The minimum atomic E-state index is -0.0448. The molecule has 0 saturated heterocycles. The third kappa shape index (κ3) is 4.03. The zero-order valence-corrected chi connectivity index (χ0v) is 17.7. The molecule has 0 atom stereocenters. The lowest BCUT2D eigenvalue weighted by Crippen LogP contribution is -2.27. The van der Waals surface area contributed by atoms with Crippen molar-refractivity contribution < 1.29 is 9.21 Å². The van der Waals surface area contributed by atoms with Crippen LogP contribution in [0.15, 0.2) is 21.3 Å².